The summed E-state index contributed by atoms with van der Waals surface area (Å²) in [6, 6.07) is 23.9. The minimum atomic E-state index is -0.0504. The molecule has 6 heteroatoms. The number of fused-ring (bicyclic) bond motifs is 1. The van der Waals surface area contributed by atoms with Crippen LogP contribution in [0.2, 0.25) is 0 Å². The number of methoxy groups -OCH3 is 1. The summed E-state index contributed by atoms with van der Waals surface area (Å²) in [6.45, 7) is 0.608. The van der Waals surface area contributed by atoms with E-state index in [1.807, 2.05) is 59.2 Å². The summed E-state index contributed by atoms with van der Waals surface area (Å²) in [6.07, 6.45) is 1.67. The summed E-state index contributed by atoms with van der Waals surface area (Å²) in [4.78, 5) is 21.7. The number of ketones is 1. The molecular weight excluding hydrogens is 400 g/mol. The number of carbonyl (C=O) groups excluding carboxylic acids is 1. The molecule has 1 aromatic heterocycles. The van der Waals surface area contributed by atoms with Crippen LogP contribution in [0.5, 0.6) is 5.75 Å². The summed E-state index contributed by atoms with van der Waals surface area (Å²) in [5, 5.41) is 0. The SMILES string of the molecule is COc1ccc(-n2c(-c3ccc(-c4ccccc4CN)cc3)nc3c2C(=O)CN=C3)cc1. The molecule has 0 spiro atoms. The Bertz CT molecular complexity index is 1320. The maximum Gasteiger partial charge on any atom is 0.203 e. The Morgan fingerprint density at radius 1 is 0.969 bits per heavy atom. The van der Waals surface area contributed by atoms with Crippen molar-refractivity contribution in [2.75, 3.05) is 13.7 Å². The summed E-state index contributed by atoms with van der Waals surface area (Å²) in [5.41, 5.74) is 12.1. The first-order valence-corrected chi connectivity index (χ1v) is 10.4. The van der Waals surface area contributed by atoms with Crippen molar-refractivity contribution in [3.05, 3.63) is 89.7 Å². The van der Waals surface area contributed by atoms with Crippen molar-refractivity contribution in [1.82, 2.24) is 9.55 Å². The fourth-order valence-corrected chi connectivity index (χ4v) is 4.04. The molecular formula is C26H22N4O2. The van der Waals surface area contributed by atoms with E-state index in [-0.39, 0.29) is 12.3 Å². The summed E-state index contributed by atoms with van der Waals surface area (Å²) >= 11 is 0. The van der Waals surface area contributed by atoms with E-state index in [9.17, 15) is 4.79 Å². The van der Waals surface area contributed by atoms with Gasteiger partial charge in [-0.15, -0.1) is 0 Å². The van der Waals surface area contributed by atoms with Crippen molar-refractivity contribution in [3.63, 3.8) is 0 Å². The molecule has 0 atom stereocenters. The molecule has 2 heterocycles. The van der Waals surface area contributed by atoms with Crippen molar-refractivity contribution in [3.8, 4) is 34.0 Å². The number of imidazole rings is 1. The van der Waals surface area contributed by atoms with Gasteiger partial charge in [-0.2, -0.15) is 0 Å². The number of hydrogen-bond acceptors (Lipinski definition) is 5. The van der Waals surface area contributed by atoms with Crippen molar-refractivity contribution in [2.24, 2.45) is 10.7 Å². The van der Waals surface area contributed by atoms with Gasteiger partial charge in [-0.05, 0) is 41.0 Å². The molecule has 0 saturated heterocycles. The highest BCUT2D eigenvalue weighted by Gasteiger charge is 2.26. The molecule has 1 aliphatic heterocycles. The van der Waals surface area contributed by atoms with Crippen molar-refractivity contribution in [1.29, 1.82) is 0 Å². The van der Waals surface area contributed by atoms with Gasteiger partial charge < -0.3 is 10.5 Å². The second-order valence-corrected chi connectivity index (χ2v) is 7.53. The van der Waals surface area contributed by atoms with E-state index in [4.69, 9.17) is 15.5 Å². The van der Waals surface area contributed by atoms with Gasteiger partial charge >= 0.3 is 0 Å². The molecule has 0 unspecified atom stereocenters. The fraction of sp³-hybridized carbons (Fsp3) is 0.115. The topological polar surface area (TPSA) is 82.5 Å². The van der Waals surface area contributed by atoms with Crippen LogP contribution in [0.15, 0.2) is 77.8 Å². The minimum absolute atomic E-state index is 0.0504. The van der Waals surface area contributed by atoms with Crippen LogP contribution in [0, 0.1) is 0 Å². The molecule has 3 aromatic carbocycles. The fourth-order valence-electron chi connectivity index (χ4n) is 4.04. The number of benzene rings is 3. The number of hydrogen-bond donors (Lipinski definition) is 1. The molecule has 0 bridgehead atoms. The Kier molecular flexibility index (Phi) is 5.13. The van der Waals surface area contributed by atoms with Crippen LogP contribution < -0.4 is 10.5 Å². The number of carbonyl (C=O) groups is 1. The molecule has 0 amide bonds. The Morgan fingerprint density at radius 2 is 1.69 bits per heavy atom. The lowest BCUT2D eigenvalue weighted by Gasteiger charge is -2.14. The summed E-state index contributed by atoms with van der Waals surface area (Å²) in [5.74, 6) is 1.39. The molecule has 4 aromatic rings. The van der Waals surface area contributed by atoms with E-state index in [0.29, 0.717) is 23.8 Å². The molecule has 6 nitrogen and oxygen atoms in total. The number of aliphatic imine (C=N–C) groups is 1. The Morgan fingerprint density at radius 3 is 2.41 bits per heavy atom. The van der Waals surface area contributed by atoms with E-state index in [1.54, 1.807) is 13.3 Å². The standard InChI is InChI=1S/C26H22N4O2/c1-32-21-12-10-20(11-13-21)30-25-23(15-28-16-24(25)31)29-26(30)18-8-6-17(7-9-18)22-5-3-2-4-19(22)14-27/h2-13,15H,14,16,27H2,1H3. The first kappa shape index (κ1) is 19.9. The Labute approximate surface area is 186 Å². The van der Waals surface area contributed by atoms with Gasteiger partial charge in [0.25, 0.3) is 0 Å². The van der Waals surface area contributed by atoms with Gasteiger partial charge in [0, 0.05) is 24.0 Å². The van der Waals surface area contributed by atoms with Crippen LogP contribution in [0.1, 0.15) is 21.7 Å². The van der Waals surface area contributed by atoms with Gasteiger partial charge in [0.15, 0.2) is 0 Å². The number of nitrogens with two attached hydrogens (primary N) is 1. The van der Waals surface area contributed by atoms with Crippen molar-refractivity contribution >= 4 is 12.0 Å². The third kappa shape index (κ3) is 3.40. The van der Waals surface area contributed by atoms with E-state index >= 15 is 0 Å². The second-order valence-electron chi connectivity index (χ2n) is 7.53. The van der Waals surface area contributed by atoms with Gasteiger partial charge in [0.05, 0.1) is 7.11 Å². The third-order valence-electron chi connectivity index (χ3n) is 5.64. The molecule has 1 aliphatic rings. The van der Waals surface area contributed by atoms with Crippen LogP contribution in [0.4, 0.5) is 0 Å². The predicted molar refractivity (Wildman–Crippen MR) is 126 cm³/mol. The van der Waals surface area contributed by atoms with Crippen molar-refractivity contribution < 1.29 is 9.53 Å². The average Bonchev–Trinajstić information content (AvgIpc) is 3.25. The smallest absolute Gasteiger partial charge is 0.203 e. The monoisotopic (exact) mass is 422 g/mol. The summed E-state index contributed by atoms with van der Waals surface area (Å²) in [7, 11) is 1.63. The average molecular weight is 422 g/mol. The van der Waals surface area contributed by atoms with E-state index in [2.05, 4.69) is 23.2 Å². The van der Waals surface area contributed by atoms with Gasteiger partial charge in [-0.25, -0.2) is 4.98 Å². The first-order valence-electron chi connectivity index (χ1n) is 10.4. The van der Waals surface area contributed by atoms with Gasteiger partial charge in [-0.3, -0.25) is 14.4 Å². The Hall–Kier alpha value is -4.03. The van der Waals surface area contributed by atoms with E-state index in [1.165, 1.54) is 0 Å². The molecule has 0 radical (unpaired) electrons. The lowest BCUT2D eigenvalue weighted by Crippen LogP contribution is -2.16. The molecule has 0 aliphatic carbocycles. The highest BCUT2D eigenvalue weighted by atomic mass is 16.5. The lowest BCUT2D eigenvalue weighted by molar-refractivity contribution is 0.0994. The largest absolute Gasteiger partial charge is 0.497 e. The zero-order chi connectivity index (χ0) is 22.1. The molecule has 0 saturated carbocycles. The number of ether oxygens (including phenoxy) is 1. The second kappa shape index (κ2) is 8.24. The van der Waals surface area contributed by atoms with Gasteiger partial charge in [0.1, 0.15) is 29.5 Å². The lowest BCUT2D eigenvalue weighted by atomic mass is 9.98. The molecule has 158 valence electrons. The number of aromatic nitrogens is 2. The van der Waals surface area contributed by atoms with Gasteiger partial charge in [-0.1, -0.05) is 48.5 Å². The van der Waals surface area contributed by atoms with E-state index in [0.717, 1.165) is 33.7 Å². The first-order chi connectivity index (χ1) is 15.7. The molecule has 32 heavy (non-hydrogen) atoms. The molecule has 5 rings (SSSR count). The third-order valence-corrected chi connectivity index (χ3v) is 5.64. The van der Waals surface area contributed by atoms with Crippen LogP contribution in [-0.2, 0) is 6.54 Å². The van der Waals surface area contributed by atoms with Crippen LogP contribution >= 0.6 is 0 Å². The van der Waals surface area contributed by atoms with E-state index < -0.39 is 0 Å². The molecule has 2 N–H and O–H groups in total. The van der Waals surface area contributed by atoms with Crippen molar-refractivity contribution in [2.45, 2.75) is 6.54 Å². The number of Topliss-reactive ketones (excluding diaryl/α,β-unsaturated/α-hetero) is 1. The predicted octanol–water partition coefficient (Wildman–Crippen LogP) is 4.29. The summed E-state index contributed by atoms with van der Waals surface area (Å²) < 4.78 is 7.20. The van der Waals surface area contributed by atoms with Crippen LogP contribution in [0.3, 0.4) is 0 Å². The number of nitrogens with zero attached hydrogens (tertiary/aromatic N) is 3. The minimum Gasteiger partial charge on any atom is -0.497 e. The normalized spacial score (nSPS) is 12.6. The quantitative estimate of drug-likeness (QED) is 0.520. The zero-order valence-electron chi connectivity index (χ0n) is 17.7. The highest BCUT2D eigenvalue weighted by Crippen LogP contribution is 2.31. The van der Waals surface area contributed by atoms with Crippen LogP contribution in [-0.4, -0.2) is 35.2 Å². The van der Waals surface area contributed by atoms with Gasteiger partial charge in [0.2, 0.25) is 5.78 Å². The highest BCUT2D eigenvalue weighted by molar-refractivity contribution is 6.07. The maximum absolute atomic E-state index is 12.7. The molecule has 0 fully saturated rings. The Balaban J connectivity index is 1.63. The zero-order valence-corrected chi connectivity index (χ0v) is 17.7. The number of rotatable bonds is 5. The maximum atomic E-state index is 12.7. The van der Waals surface area contributed by atoms with Crippen LogP contribution in [0.25, 0.3) is 28.2 Å².